The van der Waals surface area contributed by atoms with Crippen LogP contribution >= 0.6 is 0 Å². The number of carbonyl (C=O) groups excluding carboxylic acids is 4. The molecule has 0 saturated carbocycles. The van der Waals surface area contributed by atoms with Crippen LogP contribution in [0.3, 0.4) is 0 Å². The van der Waals surface area contributed by atoms with Gasteiger partial charge in [0.1, 0.15) is 6.07 Å². The van der Waals surface area contributed by atoms with Crippen molar-refractivity contribution in [1.29, 1.82) is 5.26 Å². The zero-order valence-electron chi connectivity index (χ0n) is 14.9. The van der Waals surface area contributed by atoms with E-state index in [0.717, 1.165) is 7.11 Å². The Morgan fingerprint density at radius 2 is 1.46 bits per heavy atom. The molecule has 9 heteroatoms. The van der Waals surface area contributed by atoms with Crippen molar-refractivity contribution in [3.05, 3.63) is 59.2 Å². The van der Waals surface area contributed by atoms with E-state index in [1.165, 1.54) is 37.4 Å². The van der Waals surface area contributed by atoms with Gasteiger partial charge in [-0.2, -0.15) is 5.26 Å². The van der Waals surface area contributed by atoms with Gasteiger partial charge in [0.15, 0.2) is 0 Å². The summed E-state index contributed by atoms with van der Waals surface area (Å²) >= 11 is 0. The summed E-state index contributed by atoms with van der Waals surface area (Å²) in [5.74, 6) is -3.65. The molecule has 2 rings (SSSR count). The largest absolute Gasteiger partial charge is 0.465 e. The van der Waals surface area contributed by atoms with Gasteiger partial charge in [0.2, 0.25) is 0 Å². The molecule has 0 aromatic heterocycles. The third kappa shape index (κ3) is 4.50. The molecule has 2 aromatic rings. The third-order valence-corrected chi connectivity index (χ3v) is 3.60. The summed E-state index contributed by atoms with van der Waals surface area (Å²) in [7, 11) is 2.32. The van der Waals surface area contributed by atoms with Crippen LogP contribution in [0.5, 0.6) is 0 Å². The smallest absolute Gasteiger partial charge is 0.339 e. The Labute approximate surface area is 159 Å². The van der Waals surface area contributed by atoms with Crippen molar-refractivity contribution in [2.24, 2.45) is 0 Å². The lowest BCUT2D eigenvalue weighted by molar-refractivity contribution is -0.133. The molecule has 9 nitrogen and oxygen atoms in total. The van der Waals surface area contributed by atoms with Crippen molar-refractivity contribution >= 4 is 35.1 Å². The molecule has 0 heterocycles. The Kier molecular flexibility index (Phi) is 6.44. The van der Waals surface area contributed by atoms with Gasteiger partial charge in [-0.05, 0) is 30.3 Å². The highest BCUT2D eigenvalue weighted by molar-refractivity contribution is 6.44. The number of amides is 2. The summed E-state index contributed by atoms with van der Waals surface area (Å²) in [5, 5.41) is 13.6. The van der Waals surface area contributed by atoms with Crippen LogP contribution in [0.4, 0.5) is 11.4 Å². The molecule has 0 aliphatic carbocycles. The van der Waals surface area contributed by atoms with E-state index in [4.69, 9.17) is 5.26 Å². The number of benzene rings is 2. The van der Waals surface area contributed by atoms with Crippen molar-refractivity contribution in [2.75, 3.05) is 24.9 Å². The summed E-state index contributed by atoms with van der Waals surface area (Å²) in [6.07, 6.45) is 0. The topological polar surface area (TPSA) is 135 Å². The molecular weight excluding hydrogens is 366 g/mol. The van der Waals surface area contributed by atoms with Gasteiger partial charge in [-0.25, -0.2) is 9.59 Å². The summed E-state index contributed by atoms with van der Waals surface area (Å²) in [4.78, 5) is 48.0. The molecule has 0 fully saturated rings. The quantitative estimate of drug-likeness (QED) is 0.608. The van der Waals surface area contributed by atoms with E-state index in [1.54, 1.807) is 12.1 Å². The molecule has 0 unspecified atom stereocenters. The van der Waals surface area contributed by atoms with Crippen molar-refractivity contribution in [1.82, 2.24) is 0 Å². The molecular formula is C19H15N3O6. The number of methoxy groups -OCH3 is 2. The maximum absolute atomic E-state index is 12.3. The van der Waals surface area contributed by atoms with Crippen molar-refractivity contribution in [3.8, 4) is 6.07 Å². The number of nitrogens with zero attached hydrogens (tertiary/aromatic N) is 1. The second-order valence-electron chi connectivity index (χ2n) is 5.31. The first-order valence-electron chi connectivity index (χ1n) is 7.83. The standard InChI is InChI=1S/C19H15N3O6/c1-27-18(25)11-7-8-13(19(26)28-2)15(9-11)22-17(24)16(23)21-14-6-4-3-5-12(14)10-20/h3-9H,1-2H3,(H,21,23)(H,22,24). The fourth-order valence-corrected chi connectivity index (χ4v) is 2.23. The monoisotopic (exact) mass is 381 g/mol. The number of nitriles is 1. The summed E-state index contributed by atoms with van der Waals surface area (Å²) < 4.78 is 9.23. The lowest BCUT2D eigenvalue weighted by Gasteiger charge is -2.12. The molecule has 2 amide bonds. The summed E-state index contributed by atoms with van der Waals surface area (Å²) in [6, 6.07) is 11.8. The van der Waals surface area contributed by atoms with Gasteiger partial charge in [-0.3, -0.25) is 9.59 Å². The number of rotatable bonds is 4. The van der Waals surface area contributed by atoms with Gasteiger partial charge in [0.05, 0.1) is 42.3 Å². The predicted molar refractivity (Wildman–Crippen MR) is 97.5 cm³/mol. The SMILES string of the molecule is COC(=O)c1ccc(C(=O)OC)c(NC(=O)C(=O)Nc2ccccc2C#N)c1. The van der Waals surface area contributed by atoms with Crippen LogP contribution in [0.2, 0.25) is 0 Å². The van der Waals surface area contributed by atoms with Gasteiger partial charge < -0.3 is 20.1 Å². The van der Waals surface area contributed by atoms with E-state index in [1.807, 2.05) is 6.07 Å². The Balaban J connectivity index is 2.28. The van der Waals surface area contributed by atoms with Gasteiger partial charge in [0, 0.05) is 0 Å². The first kappa shape index (κ1) is 20.1. The van der Waals surface area contributed by atoms with E-state index < -0.39 is 23.8 Å². The second kappa shape index (κ2) is 8.95. The molecule has 28 heavy (non-hydrogen) atoms. The number of ether oxygens (including phenoxy) is 2. The fourth-order valence-electron chi connectivity index (χ4n) is 2.23. The van der Waals surface area contributed by atoms with Crippen LogP contribution in [0.1, 0.15) is 26.3 Å². The number of hydrogen-bond donors (Lipinski definition) is 2. The second-order valence-corrected chi connectivity index (χ2v) is 5.31. The third-order valence-electron chi connectivity index (χ3n) is 3.60. The molecule has 0 aliphatic rings. The molecule has 0 saturated heterocycles. The fraction of sp³-hybridized carbons (Fsp3) is 0.105. The molecule has 0 spiro atoms. The first-order chi connectivity index (χ1) is 13.4. The van der Waals surface area contributed by atoms with E-state index in [-0.39, 0.29) is 28.1 Å². The minimum absolute atomic E-state index is 0.0562. The Bertz CT molecular complexity index is 993. The highest BCUT2D eigenvalue weighted by Gasteiger charge is 2.21. The van der Waals surface area contributed by atoms with Crippen LogP contribution in [0.15, 0.2) is 42.5 Å². The minimum Gasteiger partial charge on any atom is -0.465 e. The van der Waals surface area contributed by atoms with E-state index in [0.29, 0.717) is 0 Å². The van der Waals surface area contributed by atoms with Crippen molar-refractivity contribution in [3.63, 3.8) is 0 Å². The molecule has 2 N–H and O–H groups in total. The predicted octanol–water partition coefficient (Wildman–Crippen LogP) is 1.71. The average molecular weight is 381 g/mol. The molecule has 0 bridgehead atoms. The van der Waals surface area contributed by atoms with Crippen molar-refractivity contribution < 1.29 is 28.7 Å². The van der Waals surface area contributed by atoms with Gasteiger partial charge in [-0.15, -0.1) is 0 Å². The number of anilines is 2. The Hall–Kier alpha value is -4.19. The Morgan fingerprint density at radius 3 is 2.07 bits per heavy atom. The maximum Gasteiger partial charge on any atom is 0.339 e. The van der Waals surface area contributed by atoms with Crippen LogP contribution < -0.4 is 10.6 Å². The number of para-hydroxylation sites is 1. The summed E-state index contributed by atoms with van der Waals surface area (Å²) in [5.41, 5.74) is 0.214. The molecule has 0 atom stereocenters. The van der Waals surface area contributed by atoms with Gasteiger partial charge in [0.25, 0.3) is 0 Å². The highest BCUT2D eigenvalue weighted by Crippen LogP contribution is 2.20. The van der Waals surface area contributed by atoms with E-state index in [9.17, 15) is 19.2 Å². The van der Waals surface area contributed by atoms with E-state index in [2.05, 4.69) is 20.1 Å². The van der Waals surface area contributed by atoms with Gasteiger partial charge >= 0.3 is 23.8 Å². The van der Waals surface area contributed by atoms with Gasteiger partial charge in [-0.1, -0.05) is 12.1 Å². The lowest BCUT2D eigenvalue weighted by atomic mass is 10.1. The van der Waals surface area contributed by atoms with E-state index >= 15 is 0 Å². The van der Waals surface area contributed by atoms with Crippen LogP contribution in [-0.2, 0) is 19.1 Å². The number of esters is 2. The first-order valence-corrected chi connectivity index (χ1v) is 7.83. The molecule has 2 aromatic carbocycles. The summed E-state index contributed by atoms with van der Waals surface area (Å²) in [6.45, 7) is 0. The Morgan fingerprint density at radius 1 is 0.857 bits per heavy atom. The highest BCUT2D eigenvalue weighted by atomic mass is 16.5. The zero-order chi connectivity index (χ0) is 20.7. The molecule has 142 valence electrons. The minimum atomic E-state index is -1.11. The number of hydrogen-bond acceptors (Lipinski definition) is 7. The average Bonchev–Trinajstić information content (AvgIpc) is 2.72. The van der Waals surface area contributed by atoms with Crippen LogP contribution in [-0.4, -0.2) is 38.0 Å². The van der Waals surface area contributed by atoms with Crippen LogP contribution in [0, 0.1) is 11.3 Å². The number of nitrogens with one attached hydrogen (secondary N) is 2. The molecule has 0 aliphatic heterocycles. The number of carbonyl (C=O) groups is 4. The van der Waals surface area contributed by atoms with Crippen LogP contribution in [0.25, 0.3) is 0 Å². The molecule has 0 radical (unpaired) electrons. The normalized spacial score (nSPS) is 9.61. The maximum atomic E-state index is 12.3. The zero-order valence-corrected chi connectivity index (χ0v) is 14.9. The lowest BCUT2D eigenvalue weighted by Crippen LogP contribution is -2.30. The van der Waals surface area contributed by atoms with Crippen molar-refractivity contribution in [2.45, 2.75) is 0 Å².